The van der Waals surface area contributed by atoms with Crippen molar-refractivity contribution in [2.45, 2.75) is 26.9 Å². The Kier molecular flexibility index (Phi) is 5.14. The van der Waals surface area contributed by atoms with Crippen molar-refractivity contribution in [3.8, 4) is 17.0 Å². The molecule has 0 saturated carbocycles. The van der Waals surface area contributed by atoms with Gasteiger partial charge in [-0.2, -0.15) is 0 Å². The van der Waals surface area contributed by atoms with E-state index in [4.69, 9.17) is 4.74 Å². The molecule has 1 atom stereocenters. The SMILES string of the molecule is Cc1ccc(C)c(-c2csc(NC(=O)[C@@H](C)Oc3ccccc3)n2)c1. The molecule has 0 unspecified atom stereocenters. The van der Waals surface area contributed by atoms with Gasteiger partial charge in [-0.05, 0) is 44.5 Å². The van der Waals surface area contributed by atoms with Crippen molar-refractivity contribution < 1.29 is 9.53 Å². The number of rotatable bonds is 5. The van der Waals surface area contributed by atoms with E-state index in [2.05, 4.69) is 42.3 Å². The maximum Gasteiger partial charge on any atom is 0.266 e. The van der Waals surface area contributed by atoms with Crippen LogP contribution in [0.15, 0.2) is 53.9 Å². The number of hydrogen-bond acceptors (Lipinski definition) is 4. The van der Waals surface area contributed by atoms with Crippen LogP contribution in [0, 0.1) is 13.8 Å². The van der Waals surface area contributed by atoms with E-state index in [1.165, 1.54) is 16.9 Å². The molecule has 0 fully saturated rings. The minimum absolute atomic E-state index is 0.217. The van der Waals surface area contributed by atoms with Crippen molar-refractivity contribution in [1.29, 1.82) is 0 Å². The van der Waals surface area contributed by atoms with E-state index < -0.39 is 6.10 Å². The van der Waals surface area contributed by atoms with Crippen LogP contribution in [-0.2, 0) is 4.79 Å². The zero-order chi connectivity index (χ0) is 17.8. The average Bonchev–Trinajstić information content (AvgIpc) is 3.06. The molecule has 0 aliphatic carbocycles. The molecular formula is C20H20N2O2S. The highest BCUT2D eigenvalue weighted by molar-refractivity contribution is 7.14. The first kappa shape index (κ1) is 17.2. The lowest BCUT2D eigenvalue weighted by Gasteiger charge is -2.13. The second-order valence-corrected chi connectivity index (χ2v) is 6.78. The van der Waals surface area contributed by atoms with Gasteiger partial charge in [0.15, 0.2) is 11.2 Å². The number of thiazole rings is 1. The lowest BCUT2D eigenvalue weighted by atomic mass is 10.0. The van der Waals surface area contributed by atoms with E-state index in [0.29, 0.717) is 10.9 Å². The molecule has 0 aliphatic rings. The monoisotopic (exact) mass is 352 g/mol. The fourth-order valence-corrected chi connectivity index (χ4v) is 3.14. The maximum atomic E-state index is 12.3. The molecule has 1 amide bonds. The van der Waals surface area contributed by atoms with E-state index in [0.717, 1.165) is 16.8 Å². The first-order valence-electron chi connectivity index (χ1n) is 8.08. The Hall–Kier alpha value is -2.66. The molecule has 1 N–H and O–H groups in total. The molecule has 0 aliphatic heterocycles. The summed E-state index contributed by atoms with van der Waals surface area (Å²) in [7, 11) is 0. The van der Waals surface area contributed by atoms with Gasteiger partial charge in [0, 0.05) is 10.9 Å². The van der Waals surface area contributed by atoms with Gasteiger partial charge in [0.25, 0.3) is 5.91 Å². The molecular weight excluding hydrogens is 332 g/mol. The summed E-state index contributed by atoms with van der Waals surface area (Å²) in [5.41, 5.74) is 4.31. The molecule has 128 valence electrons. The number of nitrogens with one attached hydrogen (secondary N) is 1. The lowest BCUT2D eigenvalue weighted by Crippen LogP contribution is -2.30. The van der Waals surface area contributed by atoms with E-state index in [1.54, 1.807) is 6.92 Å². The Labute approximate surface area is 151 Å². The fraction of sp³-hybridized carbons (Fsp3) is 0.200. The largest absolute Gasteiger partial charge is 0.481 e. The van der Waals surface area contributed by atoms with Gasteiger partial charge in [-0.15, -0.1) is 11.3 Å². The number of anilines is 1. The van der Waals surface area contributed by atoms with Crippen molar-refractivity contribution in [2.24, 2.45) is 0 Å². The quantitative estimate of drug-likeness (QED) is 0.715. The second kappa shape index (κ2) is 7.49. The van der Waals surface area contributed by atoms with Gasteiger partial charge >= 0.3 is 0 Å². The highest BCUT2D eigenvalue weighted by Gasteiger charge is 2.17. The molecule has 0 radical (unpaired) electrons. The number of ether oxygens (including phenoxy) is 1. The first-order chi connectivity index (χ1) is 12.0. The van der Waals surface area contributed by atoms with Gasteiger partial charge < -0.3 is 4.74 Å². The standard InChI is InChI=1S/C20H20N2O2S/c1-13-9-10-14(2)17(11-13)18-12-25-20(21-18)22-19(23)15(3)24-16-7-5-4-6-8-16/h4-12,15H,1-3H3,(H,21,22,23)/t15-/m1/s1. The predicted octanol–water partition coefficient (Wildman–Crippen LogP) is 4.83. The van der Waals surface area contributed by atoms with E-state index in [1.807, 2.05) is 35.7 Å². The number of carbonyl (C=O) groups is 1. The second-order valence-electron chi connectivity index (χ2n) is 5.92. The molecule has 0 bridgehead atoms. The molecule has 3 rings (SSSR count). The summed E-state index contributed by atoms with van der Waals surface area (Å²) in [5, 5.41) is 5.36. The summed E-state index contributed by atoms with van der Waals surface area (Å²) in [6.45, 7) is 5.84. The van der Waals surface area contributed by atoms with Gasteiger partial charge in [0.2, 0.25) is 0 Å². The third-order valence-electron chi connectivity index (χ3n) is 3.83. The van der Waals surface area contributed by atoms with Crippen LogP contribution < -0.4 is 10.1 Å². The number of para-hydroxylation sites is 1. The van der Waals surface area contributed by atoms with Crippen LogP contribution in [0.2, 0.25) is 0 Å². The number of aromatic nitrogens is 1. The van der Waals surface area contributed by atoms with Crippen LogP contribution in [0.5, 0.6) is 5.75 Å². The molecule has 0 saturated heterocycles. The fourth-order valence-electron chi connectivity index (χ4n) is 2.43. The number of nitrogens with zero attached hydrogens (tertiary/aromatic N) is 1. The van der Waals surface area contributed by atoms with E-state index in [-0.39, 0.29) is 5.91 Å². The summed E-state index contributed by atoms with van der Waals surface area (Å²) < 4.78 is 5.64. The van der Waals surface area contributed by atoms with E-state index in [9.17, 15) is 4.79 Å². The van der Waals surface area contributed by atoms with Crippen LogP contribution in [0.3, 0.4) is 0 Å². The van der Waals surface area contributed by atoms with Crippen molar-refractivity contribution >= 4 is 22.4 Å². The molecule has 4 nitrogen and oxygen atoms in total. The number of aryl methyl sites for hydroxylation is 2. The van der Waals surface area contributed by atoms with Crippen LogP contribution in [0.1, 0.15) is 18.1 Å². The van der Waals surface area contributed by atoms with Gasteiger partial charge in [0.1, 0.15) is 5.75 Å². The lowest BCUT2D eigenvalue weighted by molar-refractivity contribution is -0.122. The minimum Gasteiger partial charge on any atom is -0.481 e. The Balaban J connectivity index is 1.68. The van der Waals surface area contributed by atoms with Crippen LogP contribution in [0.25, 0.3) is 11.3 Å². The molecule has 1 aromatic heterocycles. The summed E-state index contributed by atoms with van der Waals surface area (Å²) in [4.78, 5) is 16.9. The van der Waals surface area contributed by atoms with Crippen LogP contribution in [-0.4, -0.2) is 17.0 Å². The smallest absolute Gasteiger partial charge is 0.266 e. The summed E-state index contributed by atoms with van der Waals surface area (Å²) in [6, 6.07) is 15.6. The van der Waals surface area contributed by atoms with Crippen molar-refractivity contribution in [1.82, 2.24) is 4.98 Å². The normalized spacial score (nSPS) is 11.8. The van der Waals surface area contributed by atoms with Gasteiger partial charge in [-0.3, -0.25) is 10.1 Å². The number of carbonyl (C=O) groups excluding carboxylic acids is 1. The summed E-state index contributed by atoms with van der Waals surface area (Å²) >= 11 is 1.41. The summed E-state index contributed by atoms with van der Waals surface area (Å²) in [6.07, 6.45) is -0.601. The van der Waals surface area contributed by atoms with Crippen LogP contribution >= 0.6 is 11.3 Å². The number of hydrogen-bond donors (Lipinski definition) is 1. The van der Waals surface area contributed by atoms with Crippen LogP contribution in [0.4, 0.5) is 5.13 Å². The topological polar surface area (TPSA) is 51.2 Å². The van der Waals surface area contributed by atoms with Crippen molar-refractivity contribution in [3.63, 3.8) is 0 Å². The molecule has 2 aromatic carbocycles. The Morgan fingerprint density at radius 2 is 1.92 bits per heavy atom. The molecule has 0 spiro atoms. The Bertz CT molecular complexity index is 874. The zero-order valence-electron chi connectivity index (χ0n) is 14.4. The zero-order valence-corrected chi connectivity index (χ0v) is 15.3. The molecule has 1 heterocycles. The number of amides is 1. The van der Waals surface area contributed by atoms with E-state index >= 15 is 0 Å². The molecule has 3 aromatic rings. The highest BCUT2D eigenvalue weighted by atomic mass is 32.1. The first-order valence-corrected chi connectivity index (χ1v) is 8.96. The van der Waals surface area contributed by atoms with Crippen molar-refractivity contribution in [2.75, 3.05) is 5.32 Å². The third kappa shape index (κ3) is 4.25. The van der Waals surface area contributed by atoms with Gasteiger partial charge in [-0.1, -0.05) is 35.9 Å². The predicted molar refractivity (Wildman–Crippen MR) is 102 cm³/mol. The van der Waals surface area contributed by atoms with Gasteiger partial charge in [0.05, 0.1) is 5.69 Å². The highest BCUT2D eigenvalue weighted by Crippen LogP contribution is 2.28. The summed E-state index contributed by atoms with van der Waals surface area (Å²) in [5.74, 6) is 0.450. The minimum atomic E-state index is -0.601. The average molecular weight is 352 g/mol. The maximum absolute atomic E-state index is 12.3. The Morgan fingerprint density at radius 3 is 2.68 bits per heavy atom. The molecule has 5 heteroatoms. The Morgan fingerprint density at radius 1 is 1.16 bits per heavy atom. The third-order valence-corrected chi connectivity index (χ3v) is 4.59. The molecule has 25 heavy (non-hydrogen) atoms. The van der Waals surface area contributed by atoms with Crippen molar-refractivity contribution in [3.05, 3.63) is 65.0 Å². The van der Waals surface area contributed by atoms with Gasteiger partial charge in [-0.25, -0.2) is 4.98 Å². The number of benzene rings is 2.